The number of hydrogen-bond acceptors (Lipinski definition) is 5. The number of amides is 2. The van der Waals surface area contributed by atoms with E-state index in [9.17, 15) is 18.0 Å². The minimum Gasteiger partial charge on any atom is -0.478 e. The SMILES string of the molecule is Cc1oc(CNC(=O)N(C)CCS(C)(=O)=O)cc1C(=O)O. The van der Waals surface area contributed by atoms with Gasteiger partial charge in [0.05, 0.1) is 12.3 Å². The molecule has 21 heavy (non-hydrogen) atoms. The molecule has 0 fully saturated rings. The quantitative estimate of drug-likeness (QED) is 0.787. The summed E-state index contributed by atoms with van der Waals surface area (Å²) in [6.45, 7) is 1.62. The standard InChI is InChI=1S/C12H18N2O6S/c1-8-10(11(15)16)6-9(20-8)7-13-12(17)14(2)4-5-21(3,18)19/h6H,4-5,7H2,1-3H3,(H,13,17)(H,15,16). The molecule has 9 heteroatoms. The molecule has 0 aliphatic rings. The van der Waals surface area contributed by atoms with Crippen molar-refractivity contribution in [2.75, 3.05) is 25.6 Å². The smallest absolute Gasteiger partial charge is 0.339 e. The third-order valence-corrected chi connectivity index (χ3v) is 3.68. The first-order valence-electron chi connectivity index (χ1n) is 6.09. The van der Waals surface area contributed by atoms with E-state index in [4.69, 9.17) is 9.52 Å². The number of furan rings is 1. The van der Waals surface area contributed by atoms with Gasteiger partial charge in [0.2, 0.25) is 0 Å². The van der Waals surface area contributed by atoms with Crippen molar-refractivity contribution in [3.63, 3.8) is 0 Å². The fourth-order valence-corrected chi connectivity index (χ4v) is 2.15. The summed E-state index contributed by atoms with van der Waals surface area (Å²) in [5.74, 6) is -0.647. The summed E-state index contributed by atoms with van der Waals surface area (Å²) in [5, 5.41) is 11.4. The average molecular weight is 318 g/mol. The third kappa shape index (κ3) is 5.46. The Hall–Kier alpha value is -2.03. The second kappa shape index (κ2) is 6.61. The lowest BCUT2D eigenvalue weighted by atomic mass is 10.2. The molecule has 118 valence electrons. The van der Waals surface area contributed by atoms with E-state index in [0.717, 1.165) is 6.26 Å². The summed E-state index contributed by atoms with van der Waals surface area (Å²) < 4.78 is 27.2. The van der Waals surface area contributed by atoms with Crippen molar-refractivity contribution >= 4 is 21.8 Å². The molecule has 0 atom stereocenters. The zero-order chi connectivity index (χ0) is 16.2. The number of hydrogen-bond donors (Lipinski definition) is 2. The number of nitrogens with one attached hydrogen (secondary N) is 1. The van der Waals surface area contributed by atoms with Crippen molar-refractivity contribution in [3.8, 4) is 0 Å². The summed E-state index contributed by atoms with van der Waals surface area (Å²) in [6, 6.07) is 0.874. The van der Waals surface area contributed by atoms with Gasteiger partial charge in [-0.05, 0) is 13.0 Å². The number of urea groups is 1. The molecule has 0 aromatic carbocycles. The Labute approximate surface area is 122 Å². The highest BCUT2D eigenvalue weighted by Gasteiger charge is 2.15. The molecule has 8 nitrogen and oxygen atoms in total. The van der Waals surface area contributed by atoms with Crippen LogP contribution >= 0.6 is 0 Å². The van der Waals surface area contributed by atoms with Crippen LogP contribution in [0.25, 0.3) is 0 Å². The molecular formula is C12H18N2O6S. The zero-order valence-electron chi connectivity index (χ0n) is 12.0. The predicted molar refractivity (Wildman–Crippen MR) is 75.0 cm³/mol. The van der Waals surface area contributed by atoms with Crippen molar-refractivity contribution in [1.29, 1.82) is 0 Å². The first kappa shape index (κ1) is 17.0. The third-order valence-electron chi connectivity index (χ3n) is 2.76. The van der Waals surface area contributed by atoms with Gasteiger partial charge in [-0.2, -0.15) is 0 Å². The normalized spacial score (nSPS) is 11.2. The molecule has 2 N–H and O–H groups in total. The molecule has 1 heterocycles. The van der Waals surface area contributed by atoms with Crippen LogP contribution in [0.5, 0.6) is 0 Å². The number of aromatic carboxylic acids is 1. The number of nitrogens with zero attached hydrogens (tertiary/aromatic N) is 1. The Morgan fingerprint density at radius 2 is 2.05 bits per heavy atom. The van der Waals surface area contributed by atoms with Crippen LogP contribution in [0.2, 0.25) is 0 Å². The maximum absolute atomic E-state index is 11.7. The lowest BCUT2D eigenvalue weighted by molar-refractivity contribution is 0.0695. The van der Waals surface area contributed by atoms with Gasteiger partial charge in [-0.25, -0.2) is 18.0 Å². The Morgan fingerprint density at radius 3 is 2.52 bits per heavy atom. The van der Waals surface area contributed by atoms with Crippen LogP contribution in [0.1, 0.15) is 21.9 Å². The summed E-state index contributed by atoms with van der Waals surface area (Å²) in [7, 11) is -1.67. The lowest BCUT2D eigenvalue weighted by Crippen LogP contribution is -2.39. The summed E-state index contributed by atoms with van der Waals surface area (Å²) in [4.78, 5) is 23.8. The molecule has 0 unspecified atom stereocenters. The molecule has 0 saturated heterocycles. The molecule has 0 saturated carbocycles. The average Bonchev–Trinajstić information content (AvgIpc) is 2.73. The number of rotatable bonds is 6. The highest BCUT2D eigenvalue weighted by molar-refractivity contribution is 7.90. The molecule has 2 amide bonds. The zero-order valence-corrected chi connectivity index (χ0v) is 12.9. The molecule has 1 aromatic rings. The van der Waals surface area contributed by atoms with E-state index in [2.05, 4.69) is 5.32 Å². The Balaban J connectivity index is 2.53. The second-order valence-corrected chi connectivity index (χ2v) is 6.96. The molecule has 0 radical (unpaired) electrons. The van der Waals surface area contributed by atoms with Gasteiger partial charge in [-0.15, -0.1) is 0 Å². The van der Waals surface area contributed by atoms with E-state index in [-0.39, 0.29) is 30.2 Å². The molecule has 1 aromatic heterocycles. The molecule has 0 spiro atoms. The predicted octanol–water partition coefficient (Wildman–Crippen LogP) is 0.472. The topological polar surface area (TPSA) is 117 Å². The van der Waals surface area contributed by atoms with Gasteiger partial charge < -0.3 is 19.7 Å². The fraction of sp³-hybridized carbons (Fsp3) is 0.500. The molecule has 0 aliphatic heterocycles. The van der Waals surface area contributed by atoms with Gasteiger partial charge in [-0.3, -0.25) is 0 Å². The summed E-state index contributed by atoms with van der Waals surface area (Å²) in [6.07, 6.45) is 1.10. The van der Waals surface area contributed by atoms with Crippen LogP contribution in [-0.2, 0) is 16.4 Å². The van der Waals surface area contributed by atoms with Crippen LogP contribution < -0.4 is 5.32 Å². The van der Waals surface area contributed by atoms with Crippen molar-refractivity contribution in [3.05, 3.63) is 23.2 Å². The maximum atomic E-state index is 11.7. The lowest BCUT2D eigenvalue weighted by Gasteiger charge is -2.16. The van der Waals surface area contributed by atoms with Gasteiger partial charge in [0.15, 0.2) is 0 Å². The van der Waals surface area contributed by atoms with Gasteiger partial charge in [0.1, 0.15) is 26.9 Å². The van der Waals surface area contributed by atoms with E-state index in [1.807, 2.05) is 0 Å². The van der Waals surface area contributed by atoms with Gasteiger partial charge in [-0.1, -0.05) is 0 Å². The molecular weight excluding hydrogens is 300 g/mol. The highest BCUT2D eigenvalue weighted by atomic mass is 32.2. The van der Waals surface area contributed by atoms with E-state index in [0.29, 0.717) is 5.76 Å². The Morgan fingerprint density at radius 1 is 1.43 bits per heavy atom. The van der Waals surface area contributed by atoms with Crippen LogP contribution in [-0.4, -0.2) is 56.0 Å². The first-order chi connectivity index (χ1) is 9.60. The minimum absolute atomic E-state index is 0.0240. The van der Waals surface area contributed by atoms with Gasteiger partial charge in [0, 0.05) is 19.8 Å². The van der Waals surface area contributed by atoms with E-state index >= 15 is 0 Å². The number of aryl methyl sites for hydroxylation is 1. The van der Waals surface area contributed by atoms with Crippen molar-refractivity contribution in [2.45, 2.75) is 13.5 Å². The molecule has 1 rings (SSSR count). The first-order valence-corrected chi connectivity index (χ1v) is 8.15. The van der Waals surface area contributed by atoms with Crippen LogP contribution in [0.4, 0.5) is 4.79 Å². The second-order valence-electron chi connectivity index (χ2n) is 4.70. The monoisotopic (exact) mass is 318 g/mol. The minimum atomic E-state index is -3.14. The van der Waals surface area contributed by atoms with E-state index in [1.54, 1.807) is 0 Å². The van der Waals surface area contributed by atoms with E-state index < -0.39 is 21.8 Å². The fourth-order valence-electron chi connectivity index (χ4n) is 1.55. The van der Waals surface area contributed by atoms with Crippen LogP contribution in [0.3, 0.4) is 0 Å². The Kier molecular flexibility index (Phi) is 5.36. The van der Waals surface area contributed by atoms with Crippen LogP contribution in [0.15, 0.2) is 10.5 Å². The number of carbonyl (C=O) groups is 2. The van der Waals surface area contributed by atoms with Crippen molar-refractivity contribution in [1.82, 2.24) is 10.2 Å². The van der Waals surface area contributed by atoms with E-state index in [1.165, 1.54) is 24.9 Å². The largest absolute Gasteiger partial charge is 0.478 e. The van der Waals surface area contributed by atoms with Gasteiger partial charge in [0.25, 0.3) is 0 Å². The number of carboxylic acid groups (broad SMARTS) is 1. The van der Waals surface area contributed by atoms with Gasteiger partial charge >= 0.3 is 12.0 Å². The number of sulfone groups is 1. The molecule has 0 aliphatic carbocycles. The number of carboxylic acids is 1. The summed E-state index contributed by atoms with van der Waals surface area (Å²) in [5.41, 5.74) is 0.0460. The van der Waals surface area contributed by atoms with Crippen molar-refractivity contribution in [2.24, 2.45) is 0 Å². The number of carbonyl (C=O) groups excluding carboxylic acids is 1. The molecule has 0 bridgehead atoms. The van der Waals surface area contributed by atoms with Crippen molar-refractivity contribution < 1.29 is 27.5 Å². The van der Waals surface area contributed by atoms with Crippen LogP contribution in [0, 0.1) is 6.92 Å². The summed E-state index contributed by atoms with van der Waals surface area (Å²) >= 11 is 0. The maximum Gasteiger partial charge on any atom is 0.339 e. The highest BCUT2D eigenvalue weighted by Crippen LogP contribution is 2.14. The Bertz CT molecular complexity index is 634.